The highest BCUT2D eigenvalue weighted by Gasteiger charge is 2.19. The first-order valence-electron chi connectivity index (χ1n) is 6.74. The molecule has 2 heterocycles. The molecule has 0 aromatic carbocycles. The van der Waals surface area contributed by atoms with Gasteiger partial charge in [0.1, 0.15) is 0 Å². The summed E-state index contributed by atoms with van der Waals surface area (Å²) in [6.45, 7) is 5.66. The van der Waals surface area contributed by atoms with Crippen LogP contribution < -0.4 is 4.90 Å². The van der Waals surface area contributed by atoms with E-state index in [2.05, 4.69) is 33.9 Å². The van der Waals surface area contributed by atoms with Gasteiger partial charge in [-0.15, -0.1) is 0 Å². The molecule has 0 aliphatic carbocycles. The van der Waals surface area contributed by atoms with Crippen LogP contribution in [-0.4, -0.2) is 84.2 Å². The zero-order valence-corrected chi connectivity index (χ0v) is 12.0. The second-order valence-corrected chi connectivity index (χ2v) is 5.18. The molecule has 0 atom stereocenters. The first kappa shape index (κ1) is 14.7. The molecule has 7 heteroatoms. The van der Waals surface area contributed by atoms with Gasteiger partial charge in [-0.25, -0.2) is 14.8 Å². The summed E-state index contributed by atoms with van der Waals surface area (Å²) >= 11 is 0. The molecule has 1 aromatic heterocycles. The van der Waals surface area contributed by atoms with E-state index in [-0.39, 0.29) is 5.69 Å². The van der Waals surface area contributed by atoms with Crippen LogP contribution in [0.5, 0.6) is 0 Å². The standard InChI is InChI=1S/C13H21N5O2/c1-16(2)5-6-17-7-9-18(10-8-17)13-14-4-3-11(15-13)12(19)20/h3-4H,5-10H2,1-2H3,(H,19,20). The summed E-state index contributed by atoms with van der Waals surface area (Å²) in [5, 5.41) is 8.95. The minimum atomic E-state index is -1.02. The lowest BCUT2D eigenvalue weighted by Crippen LogP contribution is -2.48. The maximum atomic E-state index is 10.9. The van der Waals surface area contributed by atoms with E-state index in [0.717, 1.165) is 39.3 Å². The van der Waals surface area contributed by atoms with Crippen molar-refractivity contribution in [3.05, 3.63) is 18.0 Å². The minimum absolute atomic E-state index is 0.0463. The molecular weight excluding hydrogens is 258 g/mol. The Morgan fingerprint density at radius 2 is 2.05 bits per heavy atom. The predicted octanol–water partition coefficient (Wildman–Crippen LogP) is -0.142. The average Bonchev–Trinajstić information content (AvgIpc) is 2.46. The molecule has 0 spiro atoms. The van der Waals surface area contributed by atoms with E-state index >= 15 is 0 Å². The van der Waals surface area contributed by atoms with E-state index in [1.807, 2.05) is 4.90 Å². The van der Waals surface area contributed by atoms with E-state index in [9.17, 15) is 4.79 Å². The number of hydrogen-bond acceptors (Lipinski definition) is 6. The van der Waals surface area contributed by atoms with Gasteiger partial charge in [-0.2, -0.15) is 0 Å². The quantitative estimate of drug-likeness (QED) is 0.804. The zero-order valence-electron chi connectivity index (χ0n) is 12.0. The maximum absolute atomic E-state index is 10.9. The van der Waals surface area contributed by atoms with Crippen LogP contribution >= 0.6 is 0 Å². The number of rotatable bonds is 5. The SMILES string of the molecule is CN(C)CCN1CCN(c2nccc(C(=O)O)n2)CC1. The number of aromatic nitrogens is 2. The van der Waals surface area contributed by atoms with Gasteiger partial charge in [0.15, 0.2) is 5.69 Å². The monoisotopic (exact) mass is 279 g/mol. The molecule has 0 unspecified atom stereocenters. The van der Waals surface area contributed by atoms with Crippen molar-refractivity contribution in [3.8, 4) is 0 Å². The predicted molar refractivity (Wildman–Crippen MR) is 76.2 cm³/mol. The molecule has 0 radical (unpaired) electrons. The summed E-state index contributed by atoms with van der Waals surface area (Å²) < 4.78 is 0. The molecule has 20 heavy (non-hydrogen) atoms. The summed E-state index contributed by atoms with van der Waals surface area (Å²) in [5.41, 5.74) is 0.0463. The van der Waals surface area contributed by atoms with Crippen molar-refractivity contribution >= 4 is 11.9 Å². The Hall–Kier alpha value is -1.73. The van der Waals surface area contributed by atoms with Crippen LogP contribution in [0.4, 0.5) is 5.95 Å². The summed E-state index contributed by atoms with van der Waals surface area (Å²) in [4.78, 5) is 25.8. The molecule has 1 fully saturated rings. The average molecular weight is 279 g/mol. The van der Waals surface area contributed by atoms with Gasteiger partial charge in [-0.05, 0) is 20.2 Å². The van der Waals surface area contributed by atoms with Crippen LogP contribution in [0.25, 0.3) is 0 Å². The van der Waals surface area contributed by atoms with Gasteiger partial charge < -0.3 is 14.9 Å². The number of piperazine rings is 1. The zero-order chi connectivity index (χ0) is 14.5. The van der Waals surface area contributed by atoms with Crippen LogP contribution in [0.15, 0.2) is 12.3 Å². The number of anilines is 1. The lowest BCUT2D eigenvalue weighted by Gasteiger charge is -2.35. The Morgan fingerprint density at radius 1 is 1.35 bits per heavy atom. The Bertz CT molecular complexity index is 458. The van der Waals surface area contributed by atoms with E-state index in [0.29, 0.717) is 5.95 Å². The van der Waals surface area contributed by atoms with Crippen LogP contribution in [0.1, 0.15) is 10.5 Å². The molecule has 7 nitrogen and oxygen atoms in total. The largest absolute Gasteiger partial charge is 0.477 e. The van der Waals surface area contributed by atoms with Crippen molar-refractivity contribution in [2.45, 2.75) is 0 Å². The normalized spacial score (nSPS) is 16.6. The summed E-state index contributed by atoms with van der Waals surface area (Å²) in [5.74, 6) is -0.504. The maximum Gasteiger partial charge on any atom is 0.354 e. The Kier molecular flexibility index (Phi) is 4.86. The molecule has 110 valence electrons. The number of nitrogens with zero attached hydrogens (tertiary/aromatic N) is 5. The van der Waals surface area contributed by atoms with Crippen LogP contribution in [0, 0.1) is 0 Å². The third-order valence-electron chi connectivity index (χ3n) is 3.38. The molecule has 0 bridgehead atoms. The lowest BCUT2D eigenvalue weighted by molar-refractivity contribution is 0.0690. The van der Waals surface area contributed by atoms with Gasteiger partial charge in [0, 0.05) is 45.5 Å². The fraction of sp³-hybridized carbons (Fsp3) is 0.615. The van der Waals surface area contributed by atoms with E-state index < -0.39 is 5.97 Å². The van der Waals surface area contributed by atoms with Gasteiger partial charge >= 0.3 is 5.97 Å². The molecule has 0 amide bonds. The van der Waals surface area contributed by atoms with Gasteiger partial charge in [0.2, 0.25) is 5.95 Å². The highest BCUT2D eigenvalue weighted by atomic mass is 16.4. The highest BCUT2D eigenvalue weighted by molar-refractivity contribution is 5.85. The fourth-order valence-corrected chi connectivity index (χ4v) is 2.13. The second-order valence-electron chi connectivity index (χ2n) is 5.18. The Labute approximate surface area is 118 Å². The Morgan fingerprint density at radius 3 is 2.65 bits per heavy atom. The van der Waals surface area contributed by atoms with Crippen molar-refractivity contribution in [1.29, 1.82) is 0 Å². The van der Waals surface area contributed by atoms with Gasteiger partial charge in [-0.1, -0.05) is 0 Å². The highest BCUT2D eigenvalue weighted by Crippen LogP contribution is 2.11. The number of carboxylic acids is 1. The lowest BCUT2D eigenvalue weighted by atomic mass is 10.3. The van der Waals surface area contributed by atoms with Gasteiger partial charge in [0.25, 0.3) is 0 Å². The molecular formula is C13H21N5O2. The number of carboxylic acid groups (broad SMARTS) is 1. The van der Waals surface area contributed by atoms with E-state index in [4.69, 9.17) is 5.11 Å². The van der Waals surface area contributed by atoms with Gasteiger partial charge in [0.05, 0.1) is 0 Å². The molecule has 1 aliphatic heterocycles. The van der Waals surface area contributed by atoms with Crippen molar-refractivity contribution in [1.82, 2.24) is 19.8 Å². The third kappa shape index (κ3) is 3.88. The molecule has 1 N–H and O–H groups in total. The molecule has 0 saturated carbocycles. The van der Waals surface area contributed by atoms with Crippen LogP contribution in [0.3, 0.4) is 0 Å². The number of hydrogen-bond donors (Lipinski definition) is 1. The summed E-state index contributed by atoms with van der Waals surface area (Å²) in [6, 6.07) is 1.42. The van der Waals surface area contributed by atoms with Crippen LogP contribution in [-0.2, 0) is 0 Å². The topological polar surface area (TPSA) is 72.8 Å². The van der Waals surface area contributed by atoms with E-state index in [1.54, 1.807) is 0 Å². The van der Waals surface area contributed by atoms with Crippen molar-refractivity contribution in [2.24, 2.45) is 0 Å². The molecule has 1 saturated heterocycles. The Balaban J connectivity index is 1.90. The van der Waals surface area contributed by atoms with Crippen molar-refractivity contribution in [2.75, 3.05) is 58.3 Å². The third-order valence-corrected chi connectivity index (χ3v) is 3.38. The van der Waals surface area contributed by atoms with Crippen LogP contribution in [0.2, 0.25) is 0 Å². The van der Waals surface area contributed by atoms with E-state index in [1.165, 1.54) is 12.3 Å². The first-order chi connectivity index (χ1) is 9.56. The second kappa shape index (κ2) is 6.62. The van der Waals surface area contributed by atoms with Crippen molar-refractivity contribution < 1.29 is 9.90 Å². The molecule has 1 aliphatic rings. The molecule has 1 aromatic rings. The fourth-order valence-electron chi connectivity index (χ4n) is 2.13. The number of likely N-dealkylation sites (N-methyl/N-ethyl adjacent to an activating group) is 1. The number of carbonyl (C=O) groups is 1. The molecule has 2 rings (SSSR count). The summed E-state index contributed by atoms with van der Waals surface area (Å²) in [6.07, 6.45) is 1.50. The summed E-state index contributed by atoms with van der Waals surface area (Å²) in [7, 11) is 4.14. The van der Waals surface area contributed by atoms with Crippen molar-refractivity contribution in [3.63, 3.8) is 0 Å². The van der Waals surface area contributed by atoms with Gasteiger partial charge in [-0.3, -0.25) is 4.90 Å². The number of aromatic carboxylic acids is 1. The smallest absolute Gasteiger partial charge is 0.354 e. The first-order valence-corrected chi connectivity index (χ1v) is 6.74. The minimum Gasteiger partial charge on any atom is -0.477 e.